The molecule has 1 fully saturated rings. The Kier molecular flexibility index (Phi) is 6.50. The predicted molar refractivity (Wildman–Crippen MR) is 112 cm³/mol. The molecule has 6 nitrogen and oxygen atoms in total. The van der Waals surface area contributed by atoms with Crippen LogP contribution in [0, 0.1) is 13.8 Å². The predicted octanol–water partition coefficient (Wildman–Crippen LogP) is 2.64. The molecule has 0 atom stereocenters. The van der Waals surface area contributed by atoms with Crippen LogP contribution in [0.1, 0.15) is 36.7 Å². The SMILES string of the molecule is CCN(CCNC(=NC)NCc1ccccc1-n1nc(C)cc1C)C1CC1. The average Bonchev–Trinajstić information content (AvgIpc) is 3.45. The third kappa shape index (κ3) is 5.10. The number of para-hydroxylation sites is 1. The molecule has 27 heavy (non-hydrogen) atoms. The molecule has 0 radical (unpaired) electrons. The Hall–Kier alpha value is -2.34. The Balaban J connectivity index is 1.58. The van der Waals surface area contributed by atoms with Gasteiger partial charge in [-0.05, 0) is 50.9 Å². The van der Waals surface area contributed by atoms with Gasteiger partial charge in [-0.25, -0.2) is 4.68 Å². The van der Waals surface area contributed by atoms with Crippen molar-refractivity contribution >= 4 is 5.96 Å². The Bertz CT molecular complexity index is 775. The van der Waals surface area contributed by atoms with Crippen molar-refractivity contribution in [1.82, 2.24) is 25.3 Å². The molecule has 1 aromatic carbocycles. The molecule has 0 spiro atoms. The molecular weight excluding hydrogens is 336 g/mol. The molecule has 6 heteroatoms. The lowest BCUT2D eigenvalue weighted by molar-refractivity contribution is 0.282. The Morgan fingerprint density at radius 1 is 1.26 bits per heavy atom. The van der Waals surface area contributed by atoms with Crippen molar-refractivity contribution in [3.63, 3.8) is 0 Å². The first-order valence-electron chi connectivity index (χ1n) is 9.92. The number of hydrogen-bond donors (Lipinski definition) is 2. The lowest BCUT2D eigenvalue weighted by atomic mass is 10.1. The summed E-state index contributed by atoms with van der Waals surface area (Å²) in [5.41, 5.74) is 4.47. The number of hydrogen-bond acceptors (Lipinski definition) is 3. The van der Waals surface area contributed by atoms with Crippen LogP contribution in [0.4, 0.5) is 0 Å². The van der Waals surface area contributed by atoms with Crippen molar-refractivity contribution in [3.05, 3.63) is 47.3 Å². The molecule has 146 valence electrons. The van der Waals surface area contributed by atoms with E-state index in [0.29, 0.717) is 6.54 Å². The summed E-state index contributed by atoms with van der Waals surface area (Å²) in [6.45, 7) is 10.1. The van der Waals surface area contributed by atoms with Gasteiger partial charge in [0.2, 0.25) is 0 Å². The minimum Gasteiger partial charge on any atom is -0.355 e. The monoisotopic (exact) mass is 368 g/mol. The zero-order chi connectivity index (χ0) is 19.2. The van der Waals surface area contributed by atoms with Crippen LogP contribution in [0.25, 0.3) is 5.69 Å². The van der Waals surface area contributed by atoms with Crippen LogP contribution in [-0.4, -0.2) is 53.4 Å². The number of likely N-dealkylation sites (N-methyl/N-ethyl adjacent to an activating group) is 1. The molecule has 0 unspecified atom stereocenters. The number of guanidine groups is 1. The summed E-state index contributed by atoms with van der Waals surface area (Å²) < 4.78 is 2.01. The van der Waals surface area contributed by atoms with Gasteiger partial charge in [0.25, 0.3) is 0 Å². The van der Waals surface area contributed by atoms with Crippen LogP contribution in [0.5, 0.6) is 0 Å². The van der Waals surface area contributed by atoms with E-state index in [1.165, 1.54) is 18.4 Å². The van der Waals surface area contributed by atoms with Crippen molar-refractivity contribution in [1.29, 1.82) is 0 Å². The Morgan fingerprint density at radius 2 is 2.04 bits per heavy atom. The lowest BCUT2D eigenvalue weighted by Crippen LogP contribution is -2.41. The highest BCUT2D eigenvalue weighted by Gasteiger charge is 2.27. The molecule has 0 saturated heterocycles. The second-order valence-corrected chi connectivity index (χ2v) is 7.18. The van der Waals surface area contributed by atoms with Crippen LogP contribution in [0.2, 0.25) is 0 Å². The van der Waals surface area contributed by atoms with Gasteiger partial charge in [0.15, 0.2) is 5.96 Å². The van der Waals surface area contributed by atoms with Crippen LogP contribution < -0.4 is 10.6 Å². The highest BCUT2D eigenvalue weighted by Crippen LogP contribution is 2.25. The first-order valence-corrected chi connectivity index (χ1v) is 9.92. The molecule has 3 rings (SSSR count). The first-order chi connectivity index (χ1) is 13.1. The van der Waals surface area contributed by atoms with E-state index in [2.05, 4.69) is 69.8 Å². The minimum absolute atomic E-state index is 0.703. The molecule has 0 amide bonds. The summed E-state index contributed by atoms with van der Waals surface area (Å²) >= 11 is 0. The number of nitrogens with zero attached hydrogens (tertiary/aromatic N) is 4. The largest absolute Gasteiger partial charge is 0.355 e. The molecule has 2 aromatic rings. The summed E-state index contributed by atoms with van der Waals surface area (Å²) in [6, 6.07) is 11.3. The highest BCUT2D eigenvalue weighted by atomic mass is 15.3. The van der Waals surface area contributed by atoms with Gasteiger partial charge in [0, 0.05) is 38.4 Å². The van der Waals surface area contributed by atoms with Crippen LogP contribution in [0.15, 0.2) is 35.3 Å². The van der Waals surface area contributed by atoms with Crippen LogP contribution >= 0.6 is 0 Å². The lowest BCUT2D eigenvalue weighted by Gasteiger charge is -2.21. The zero-order valence-corrected chi connectivity index (χ0v) is 17.0. The Morgan fingerprint density at radius 3 is 2.67 bits per heavy atom. The summed E-state index contributed by atoms with van der Waals surface area (Å²) in [6.07, 6.45) is 2.70. The summed E-state index contributed by atoms with van der Waals surface area (Å²) in [5.74, 6) is 0.838. The van der Waals surface area contributed by atoms with E-state index < -0.39 is 0 Å². The average molecular weight is 369 g/mol. The third-order valence-corrected chi connectivity index (χ3v) is 5.06. The van der Waals surface area contributed by atoms with Crippen LogP contribution in [0.3, 0.4) is 0 Å². The summed E-state index contributed by atoms with van der Waals surface area (Å²) in [4.78, 5) is 6.90. The fourth-order valence-corrected chi connectivity index (χ4v) is 3.50. The number of aryl methyl sites for hydroxylation is 2. The molecule has 1 saturated carbocycles. The number of rotatable bonds is 8. The maximum Gasteiger partial charge on any atom is 0.191 e. The van der Waals surface area contributed by atoms with Gasteiger partial charge >= 0.3 is 0 Å². The highest BCUT2D eigenvalue weighted by molar-refractivity contribution is 5.79. The zero-order valence-electron chi connectivity index (χ0n) is 17.0. The fourth-order valence-electron chi connectivity index (χ4n) is 3.50. The molecular formula is C21H32N6. The maximum atomic E-state index is 4.63. The van der Waals surface area contributed by atoms with Crippen LogP contribution in [-0.2, 0) is 6.54 Å². The number of aromatic nitrogens is 2. The molecule has 0 aliphatic heterocycles. The second kappa shape index (κ2) is 9.04. The molecule has 1 aliphatic rings. The van der Waals surface area contributed by atoms with Gasteiger partial charge in [-0.2, -0.15) is 5.10 Å². The van der Waals surface area contributed by atoms with Crippen molar-refractivity contribution in [2.24, 2.45) is 4.99 Å². The molecule has 2 N–H and O–H groups in total. The molecule has 0 bridgehead atoms. The van der Waals surface area contributed by atoms with E-state index >= 15 is 0 Å². The quantitative estimate of drug-likeness (QED) is 0.556. The Labute approximate surface area is 162 Å². The summed E-state index contributed by atoms with van der Waals surface area (Å²) in [7, 11) is 1.82. The van der Waals surface area contributed by atoms with Crippen molar-refractivity contribution in [3.8, 4) is 5.69 Å². The van der Waals surface area contributed by atoms with Gasteiger partial charge in [0.1, 0.15) is 0 Å². The van der Waals surface area contributed by atoms with E-state index in [1.807, 2.05) is 18.7 Å². The first kappa shape index (κ1) is 19.4. The normalized spacial score (nSPS) is 14.6. The van der Waals surface area contributed by atoms with Gasteiger partial charge in [0.05, 0.1) is 11.4 Å². The second-order valence-electron chi connectivity index (χ2n) is 7.18. The number of nitrogens with one attached hydrogen (secondary N) is 2. The number of benzene rings is 1. The van der Waals surface area contributed by atoms with Crippen molar-refractivity contribution < 1.29 is 0 Å². The topological polar surface area (TPSA) is 57.5 Å². The van der Waals surface area contributed by atoms with Gasteiger partial charge < -0.3 is 10.6 Å². The molecule has 1 aromatic heterocycles. The summed E-state index contributed by atoms with van der Waals surface area (Å²) in [5, 5.41) is 11.5. The maximum absolute atomic E-state index is 4.63. The molecule has 1 aliphatic carbocycles. The minimum atomic E-state index is 0.703. The van der Waals surface area contributed by atoms with E-state index in [4.69, 9.17) is 0 Å². The molecule has 1 heterocycles. The smallest absolute Gasteiger partial charge is 0.191 e. The van der Waals surface area contributed by atoms with Crippen molar-refractivity contribution in [2.45, 2.75) is 46.2 Å². The van der Waals surface area contributed by atoms with Crippen molar-refractivity contribution in [2.75, 3.05) is 26.7 Å². The number of aliphatic imine (C=N–C) groups is 1. The standard InChI is InChI=1S/C21H32N6/c1-5-26(19-10-11-19)13-12-23-21(22-4)24-15-18-8-6-7-9-20(18)27-17(3)14-16(2)25-27/h6-9,14,19H,5,10-13,15H2,1-4H3,(H2,22,23,24). The third-order valence-electron chi connectivity index (χ3n) is 5.06. The van der Waals surface area contributed by atoms with Gasteiger partial charge in [-0.3, -0.25) is 9.89 Å². The fraction of sp³-hybridized carbons (Fsp3) is 0.524. The van der Waals surface area contributed by atoms with E-state index in [0.717, 1.165) is 48.7 Å². The van der Waals surface area contributed by atoms with Gasteiger partial charge in [-0.1, -0.05) is 25.1 Å². The van der Waals surface area contributed by atoms with E-state index in [9.17, 15) is 0 Å². The van der Waals surface area contributed by atoms with Gasteiger partial charge in [-0.15, -0.1) is 0 Å². The van der Waals surface area contributed by atoms with E-state index in [-0.39, 0.29) is 0 Å². The van der Waals surface area contributed by atoms with E-state index in [1.54, 1.807) is 0 Å².